The lowest BCUT2D eigenvalue weighted by Crippen LogP contribution is -2.40. The number of hydrogen-bond donors (Lipinski definition) is 1. The van der Waals surface area contributed by atoms with Crippen molar-refractivity contribution in [3.63, 3.8) is 0 Å². The molecule has 0 aliphatic carbocycles. The summed E-state index contributed by atoms with van der Waals surface area (Å²) < 4.78 is 10.6. The quantitative estimate of drug-likeness (QED) is 0.899. The van der Waals surface area contributed by atoms with E-state index in [0.29, 0.717) is 23.0 Å². The van der Waals surface area contributed by atoms with E-state index in [1.165, 1.54) is 0 Å². The highest BCUT2D eigenvalue weighted by molar-refractivity contribution is 5.99. The van der Waals surface area contributed by atoms with Gasteiger partial charge in [0, 0.05) is 13.1 Å². The number of methoxy groups -OCH3 is 2. The van der Waals surface area contributed by atoms with Gasteiger partial charge in [-0.3, -0.25) is 4.79 Å². The molecule has 1 heterocycles. The summed E-state index contributed by atoms with van der Waals surface area (Å²) in [6, 6.07) is 5.42. The lowest BCUT2D eigenvalue weighted by Gasteiger charge is -2.32. The van der Waals surface area contributed by atoms with Gasteiger partial charge in [0.1, 0.15) is 17.1 Å². The zero-order valence-corrected chi connectivity index (χ0v) is 13.0. The average Bonchev–Trinajstić information content (AvgIpc) is 2.54. The predicted molar refractivity (Wildman–Crippen MR) is 82.1 cm³/mol. The van der Waals surface area contributed by atoms with E-state index in [4.69, 9.17) is 9.47 Å². The summed E-state index contributed by atoms with van der Waals surface area (Å²) in [5.41, 5.74) is 0.523. The van der Waals surface area contributed by atoms with Gasteiger partial charge in [-0.2, -0.15) is 0 Å². The van der Waals surface area contributed by atoms with Crippen LogP contribution in [-0.2, 0) is 0 Å². The van der Waals surface area contributed by atoms with E-state index in [0.717, 1.165) is 32.5 Å². The van der Waals surface area contributed by atoms with Gasteiger partial charge in [0.15, 0.2) is 0 Å². The van der Waals surface area contributed by atoms with Gasteiger partial charge in [0.2, 0.25) is 0 Å². The van der Waals surface area contributed by atoms with Crippen LogP contribution in [0.2, 0.25) is 0 Å². The zero-order chi connectivity index (χ0) is 15.2. The van der Waals surface area contributed by atoms with Crippen LogP contribution in [0.5, 0.6) is 11.5 Å². The average molecular weight is 292 g/mol. The smallest absolute Gasteiger partial charge is 0.261 e. The topological polar surface area (TPSA) is 50.8 Å². The van der Waals surface area contributed by atoms with Gasteiger partial charge in [0.25, 0.3) is 5.91 Å². The van der Waals surface area contributed by atoms with E-state index in [1.54, 1.807) is 26.4 Å². The molecule has 2 rings (SSSR count). The first-order valence-electron chi connectivity index (χ1n) is 7.36. The van der Waals surface area contributed by atoms with Gasteiger partial charge in [-0.15, -0.1) is 0 Å². The number of ether oxygens (including phenoxy) is 2. The third-order valence-electron chi connectivity index (χ3n) is 4.04. The molecule has 1 aromatic carbocycles. The molecule has 1 aliphatic rings. The van der Waals surface area contributed by atoms with E-state index in [1.807, 2.05) is 18.0 Å². The molecule has 0 bridgehead atoms. The standard InChI is InChI=1S/C16H24N2O3/c1-17-11-12-7-9-18(10-8-12)16(19)15-13(20-2)5-4-6-14(15)21-3/h4-6,12,17H,7-11H2,1-3H3. The summed E-state index contributed by atoms with van der Waals surface area (Å²) in [7, 11) is 5.12. The van der Waals surface area contributed by atoms with Gasteiger partial charge in [-0.25, -0.2) is 0 Å². The number of carbonyl (C=O) groups excluding carboxylic acids is 1. The van der Waals surface area contributed by atoms with E-state index in [9.17, 15) is 4.79 Å². The molecule has 0 spiro atoms. The van der Waals surface area contributed by atoms with Crippen molar-refractivity contribution in [2.24, 2.45) is 5.92 Å². The van der Waals surface area contributed by atoms with Crippen LogP contribution >= 0.6 is 0 Å². The summed E-state index contributed by atoms with van der Waals surface area (Å²) in [6.07, 6.45) is 2.06. The fourth-order valence-electron chi connectivity index (χ4n) is 2.85. The number of piperidine rings is 1. The molecule has 116 valence electrons. The molecule has 1 fully saturated rings. The van der Waals surface area contributed by atoms with Crippen LogP contribution in [0.15, 0.2) is 18.2 Å². The Morgan fingerprint density at radius 3 is 2.29 bits per heavy atom. The van der Waals surface area contributed by atoms with Crippen molar-refractivity contribution in [2.45, 2.75) is 12.8 Å². The molecule has 0 atom stereocenters. The summed E-state index contributed by atoms with van der Waals surface area (Å²) in [6.45, 7) is 2.58. The minimum Gasteiger partial charge on any atom is -0.496 e. The van der Waals surface area contributed by atoms with E-state index < -0.39 is 0 Å². The minimum atomic E-state index is -0.00722. The highest BCUT2D eigenvalue weighted by Gasteiger charge is 2.27. The molecular formula is C16H24N2O3. The Balaban J connectivity index is 2.14. The highest BCUT2D eigenvalue weighted by Crippen LogP contribution is 2.30. The second-order valence-corrected chi connectivity index (χ2v) is 5.33. The van der Waals surface area contributed by atoms with Crippen LogP contribution in [0, 0.1) is 5.92 Å². The number of nitrogens with zero attached hydrogens (tertiary/aromatic N) is 1. The largest absolute Gasteiger partial charge is 0.496 e. The van der Waals surface area contributed by atoms with Gasteiger partial charge < -0.3 is 19.7 Å². The Morgan fingerprint density at radius 2 is 1.81 bits per heavy atom. The third kappa shape index (κ3) is 3.47. The fraction of sp³-hybridized carbons (Fsp3) is 0.562. The van der Waals surface area contributed by atoms with Crippen molar-refractivity contribution >= 4 is 5.91 Å². The molecule has 5 nitrogen and oxygen atoms in total. The second kappa shape index (κ2) is 7.31. The first kappa shape index (κ1) is 15.6. The highest BCUT2D eigenvalue weighted by atomic mass is 16.5. The molecule has 21 heavy (non-hydrogen) atoms. The van der Waals surface area contributed by atoms with E-state index in [2.05, 4.69) is 5.32 Å². The van der Waals surface area contributed by atoms with Crippen molar-refractivity contribution in [1.82, 2.24) is 10.2 Å². The zero-order valence-electron chi connectivity index (χ0n) is 13.0. The molecule has 0 saturated carbocycles. The van der Waals surface area contributed by atoms with Crippen LogP contribution in [0.3, 0.4) is 0 Å². The monoisotopic (exact) mass is 292 g/mol. The normalized spacial score (nSPS) is 15.9. The van der Waals surface area contributed by atoms with Crippen molar-refractivity contribution in [1.29, 1.82) is 0 Å². The van der Waals surface area contributed by atoms with Crippen LogP contribution in [0.1, 0.15) is 23.2 Å². The van der Waals surface area contributed by atoms with Crippen molar-refractivity contribution in [2.75, 3.05) is 40.9 Å². The predicted octanol–water partition coefficient (Wildman–Crippen LogP) is 1.78. The van der Waals surface area contributed by atoms with Gasteiger partial charge in [-0.1, -0.05) is 6.07 Å². The number of carbonyl (C=O) groups is 1. The van der Waals surface area contributed by atoms with Gasteiger partial charge in [-0.05, 0) is 44.5 Å². The first-order chi connectivity index (χ1) is 10.2. The molecule has 1 amide bonds. The van der Waals surface area contributed by atoms with E-state index in [-0.39, 0.29) is 5.91 Å². The van der Waals surface area contributed by atoms with Crippen LogP contribution < -0.4 is 14.8 Å². The van der Waals surface area contributed by atoms with Crippen LogP contribution in [0.4, 0.5) is 0 Å². The third-order valence-corrected chi connectivity index (χ3v) is 4.04. The van der Waals surface area contributed by atoms with Crippen LogP contribution in [0.25, 0.3) is 0 Å². The summed E-state index contributed by atoms with van der Waals surface area (Å²) in [4.78, 5) is 14.7. The lowest BCUT2D eigenvalue weighted by molar-refractivity contribution is 0.0684. The number of amides is 1. The molecule has 1 aromatic rings. The molecule has 1 saturated heterocycles. The molecule has 5 heteroatoms. The van der Waals surface area contributed by atoms with Crippen molar-refractivity contribution in [3.05, 3.63) is 23.8 Å². The lowest BCUT2D eigenvalue weighted by atomic mass is 9.96. The summed E-state index contributed by atoms with van der Waals surface area (Å²) in [5, 5.41) is 3.21. The summed E-state index contributed by atoms with van der Waals surface area (Å²) >= 11 is 0. The molecule has 1 N–H and O–H groups in total. The Morgan fingerprint density at radius 1 is 1.24 bits per heavy atom. The number of rotatable bonds is 5. The SMILES string of the molecule is CNCC1CCN(C(=O)c2c(OC)cccc2OC)CC1. The summed E-state index contributed by atoms with van der Waals surface area (Å²) in [5.74, 6) is 1.78. The molecular weight excluding hydrogens is 268 g/mol. The number of likely N-dealkylation sites (tertiary alicyclic amines) is 1. The molecule has 0 radical (unpaired) electrons. The van der Waals surface area contributed by atoms with Crippen LogP contribution in [-0.4, -0.2) is 51.7 Å². The Bertz CT molecular complexity index is 460. The molecule has 0 aromatic heterocycles. The first-order valence-corrected chi connectivity index (χ1v) is 7.36. The Labute approximate surface area is 126 Å². The number of hydrogen-bond acceptors (Lipinski definition) is 4. The molecule has 1 aliphatic heterocycles. The molecule has 0 unspecified atom stereocenters. The second-order valence-electron chi connectivity index (χ2n) is 5.33. The van der Waals surface area contributed by atoms with E-state index >= 15 is 0 Å². The minimum absolute atomic E-state index is 0.00722. The maximum Gasteiger partial charge on any atom is 0.261 e. The maximum atomic E-state index is 12.8. The Kier molecular flexibility index (Phi) is 5.44. The number of benzene rings is 1. The maximum absolute atomic E-state index is 12.8. The van der Waals surface area contributed by atoms with Gasteiger partial charge >= 0.3 is 0 Å². The van der Waals surface area contributed by atoms with Gasteiger partial charge in [0.05, 0.1) is 14.2 Å². The number of nitrogens with one attached hydrogen (secondary N) is 1. The van der Waals surface area contributed by atoms with Crippen molar-refractivity contribution in [3.8, 4) is 11.5 Å². The van der Waals surface area contributed by atoms with Crippen molar-refractivity contribution < 1.29 is 14.3 Å². The Hall–Kier alpha value is -1.75. The fourth-order valence-corrected chi connectivity index (χ4v) is 2.85.